The van der Waals surface area contributed by atoms with Crippen molar-refractivity contribution in [2.45, 2.75) is 13.3 Å². The van der Waals surface area contributed by atoms with Crippen LogP contribution in [0.25, 0.3) is 0 Å². The quantitative estimate of drug-likeness (QED) is 0.818. The van der Waals surface area contributed by atoms with Gasteiger partial charge < -0.3 is 14.5 Å². The number of ether oxygens (including phenoxy) is 1. The Kier molecular flexibility index (Phi) is 5.56. The van der Waals surface area contributed by atoms with E-state index in [1.165, 1.54) is 6.07 Å². The lowest BCUT2D eigenvalue weighted by atomic mass is 10.1. The van der Waals surface area contributed by atoms with Gasteiger partial charge in [0.1, 0.15) is 5.82 Å². The van der Waals surface area contributed by atoms with Crippen LogP contribution in [0.1, 0.15) is 11.3 Å². The van der Waals surface area contributed by atoms with E-state index in [-0.39, 0.29) is 17.4 Å². The number of methoxy groups -OCH3 is 1. The zero-order chi connectivity index (χ0) is 18.7. The summed E-state index contributed by atoms with van der Waals surface area (Å²) in [6.45, 7) is 4.15. The Labute approximate surface area is 156 Å². The summed E-state index contributed by atoms with van der Waals surface area (Å²) in [4.78, 5) is 25.0. The molecule has 1 saturated heterocycles. The molecule has 0 saturated carbocycles. The largest absolute Gasteiger partial charge is 0.481 e. The molecule has 1 fully saturated rings. The number of benzene rings is 1. The number of rotatable bonds is 4. The molecular weight excluding hydrogens is 359 g/mol. The predicted octanol–water partition coefficient (Wildman–Crippen LogP) is 2.48. The molecule has 138 valence electrons. The van der Waals surface area contributed by atoms with E-state index in [1.54, 1.807) is 30.2 Å². The predicted molar refractivity (Wildman–Crippen MR) is 97.2 cm³/mol. The van der Waals surface area contributed by atoms with Crippen LogP contribution in [0.15, 0.2) is 24.3 Å². The van der Waals surface area contributed by atoms with Gasteiger partial charge >= 0.3 is 0 Å². The van der Waals surface area contributed by atoms with Gasteiger partial charge in [-0.1, -0.05) is 23.7 Å². The number of hydrogen-bond acceptors (Lipinski definition) is 5. The highest BCUT2D eigenvalue weighted by atomic mass is 35.5. The molecule has 8 heteroatoms. The number of hydrogen-bond donors (Lipinski definition) is 0. The Morgan fingerprint density at radius 1 is 1.27 bits per heavy atom. The lowest BCUT2D eigenvalue weighted by molar-refractivity contribution is -0.130. The van der Waals surface area contributed by atoms with E-state index in [1.807, 2.05) is 11.8 Å². The smallest absolute Gasteiger partial charge is 0.228 e. The van der Waals surface area contributed by atoms with Gasteiger partial charge in [0.2, 0.25) is 17.7 Å². The van der Waals surface area contributed by atoms with Crippen LogP contribution < -0.4 is 9.64 Å². The fourth-order valence-corrected chi connectivity index (χ4v) is 3.08. The molecule has 0 atom stereocenters. The molecule has 0 spiro atoms. The number of anilines is 1. The molecule has 1 aromatic heterocycles. The van der Waals surface area contributed by atoms with Crippen LogP contribution in [0, 0.1) is 12.7 Å². The molecule has 26 heavy (non-hydrogen) atoms. The number of halogens is 2. The molecule has 0 N–H and O–H groups in total. The molecule has 0 unspecified atom stereocenters. The summed E-state index contributed by atoms with van der Waals surface area (Å²) in [5, 5.41) is 0.0330. The second kappa shape index (κ2) is 7.86. The van der Waals surface area contributed by atoms with E-state index in [2.05, 4.69) is 9.97 Å². The van der Waals surface area contributed by atoms with E-state index in [4.69, 9.17) is 16.3 Å². The first kappa shape index (κ1) is 18.4. The monoisotopic (exact) mass is 378 g/mol. The zero-order valence-electron chi connectivity index (χ0n) is 14.7. The molecule has 3 rings (SSSR count). The lowest BCUT2D eigenvalue weighted by Gasteiger charge is -2.35. The Bertz CT molecular complexity index is 810. The van der Waals surface area contributed by atoms with Gasteiger partial charge in [-0.2, -0.15) is 4.98 Å². The first-order valence-electron chi connectivity index (χ1n) is 8.33. The van der Waals surface area contributed by atoms with Gasteiger partial charge in [-0.05, 0) is 18.6 Å². The Morgan fingerprint density at radius 3 is 2.69 bits per heavy atom. The van der Waals surface area contributed by atoms with Crippen molar-refractivity contribution in [1.82, 2.24) is 14.9 Å². The fourth-order valence-electron chi connectivity index (χ4n) is 2.89. The van der Waals surface area contributed by atoms with Gasteiger partial charge in [0, 0.05) is 37.9 Å². The maximum Gasteiger partial charge on any atom is 0.228 e. The summed E-state index contributed by atoms with van der Waals surface area (Å²) in [5.41, 5.74) is 1.14. The van der Waals surface area contributed by atoms with Crippen molar-refractivity contribution in [2.75, 3.05) is 38.2 Å². The number of aryl methyl sites for hydroxylation is 1. The minimum atomic E-state index is -0.526. The van der Waals surface area contributed by atoms with Crippen LogP contribution in [0.5, 0.6) is 5.88 Å². The SMILES string of the molecule is COc1cc(C)nc(N2CCN(C(=O)Cc3cccc(Cl)c3F)CC2)n1. The number of carbonyl (C=O) groups is 1. The maximum atomic E-state index is 14.0. The van der Waals surface area contributed by atoms with Crippen molar-refractivity contribution in [3.05, 3.63) is 46.4 Å². The lowest BCUT2D eigenvalue weighted by Crippen LogP contribution is -2.49. The highest BCUT2D eigenvalue weighted by molar-refractivity contribution is 6.30. The Hall–Kier alpha value is -2.41. The van der Waals surface area contributed by atoms with Crippen LogP contribution in [0.2, 0.25) is 5.02 Å². The van der Waals surface area contributed by atoms with E-state index < -0.39 is 5.82 Å². The molecule has 2 heterocycles. The van der Waals surface area contributed by atoms with Gasteiger partial charge in [-0.15, -0.1) is 0 Å². The summed E-state index contributed by atoms with van der Waals surface area (Å²) < 4.78 is 19.2. The Balaban J connectivity index is 1.62. The third-order valence-electron chi connectivity index (χ3n) is 4.32. The van der Waals surface area contributed by atoms with Crippen molar-refractivity contribution < 1.29 is 13.9 Å². The van der Waals surface area contributed by atoms with Crippen molar-refractivity contribution in [2.24, 2.45) is 0 Å². The Morgan fingerprint density at radius 2 is 2.00 bits per heavy atom. The van der Waals surface area contributed by atoms with Gasteiger partial charge in [0.05, 0.1) is 18.6 Å². The first-order valence-corrected chi connectivity index (χ1v) is 8.71. The second-order valence-corrected chi connectivity index (χ2v) is 6.52. The molecule has 6 nitrogen and oxygen atoms in total. The average Bonchev–Trinajstić information content (AvgIpc) is 2.65. The topological polar surface area (TPSA) is 58.6 Å². The molecule has 1 amide bonds. The van der Waals surface area contributed by atoms with E-state index in [0.717, 1.165) is 5.69 Å². The molecule has 1 aliphatic heterocycles. The third-order valence-corrected chi connectivity index (χ3v) is 4.61. The van der Waals surface area contributed by atoms with Crippen molar-refractivity contribution in [1.29, 1.82) is 0 Å². The summed E-state index contributed by atoms with van der Waals surface area (Å²) in [7, 11) is 1.57. The first-order chi connectivity index (χ1) is 12.5. The van der Waals surface area contributed by atoms with Crippen LogP contribution >= 0.6 is 11.6 Å². The number of aromatic nitrogens is 2. The number of nitrogens with zero attached hydrogens (tertiary/aromatic N) is 4. The highest BCUT2D eigenvalue weighted by Crippen LogP contribution is 2.20. The molecule has 0 aliphatic carbocycles. The van der Waals surface area contributed by atoms with Gasteiger partial charge in [0.25, 0.3) is 0 Å². The fraction of sp³-hybridized carbons (Fsp3) is 0.389. The third kappa shape index (κ3) is 4.04. The second-order valence-electron chi connectivity index (χ2n) is 6.11. The zero-order valence-corrected chi connectivity index (χ0v) is 15.5. The molecular formula is C18H20ClFN4O2. The van der Waals surface area contributed by atoms with Gasteiger partial charge in [0.15, 0.2) is 0 Å². The van der Waals surface area contributed by atoms with E-state index in [0.29, 0.717) is 43.6 Å². The number of amides is 1. The van der Waals surface area contributed by atoms with Crippen molar-refractivity contribution in [3.63, 3.8) is 0 Å². The molecule has 1 aliphatic rings. The van der Waals surface area contributed by atoms with Crippen LogP contribution in [-0.2, 0) is 11.2 Å². The van der Waals surface area contributed by atoms with Crippen LogP contribution in [-0.4, -0.2) is 54.1 Å². The maximum absolute atomic E-state index is 14.0. The number of piperazine rings is 1. The van der Waals surface area contributed by atoms with Crippen LogP contribution in [0.3, 0.4) is 0 Å². The van der Waals surface area contributed by atoms with E-state index >= 15 is 0 Å². The normalized spacial score (nSPS) is 14.5. The van der Waals surface area contributed by atoms with Gasteiger partial charge in [-0.25, -0.2) is 9.37 Å². The van der Waals surface area contributed by atoms with Crippen LogP contribution in [0.4, 0.5) is 10.3 Å². The molecule has 0 bridgehead atoms. The summed E-state index contributed by atoms with van der Waals surface area (Å²) in [5.74, 6) is 0.465. The summed E-state index contributed by atoms with van der Waals surface area (Å²) in [6.07, 6.45) is 0.00115. The molecule has 2 aromatic rings. The van der Waals surface area contributed by atoms with E-state index in [9.17, 15) is 9.18 Å². The summed E-state index contributed by atoms with van der Waals surface area (Å²) in [6, 6.07) is 6.47. The standard InChI is InChI=1S/C18H20ClFN4O2/c1-12-10-15(26-2)22-18(21-12)24-8-6-23(7-9-24)16(25)11-13-4-3-5-14(19)17(13)20/h3-5,10H,6-9,11H2,1-2H3. The summed E-state index contributed by atoms with van der Waals surface area (Å²) >= 11 is 5.78. The number of carbonyl (C=O) groups excluding carboxylic acids is 1. The minimum absolute atomic E-state index is 0.00115. The molecule has 0 radical (unpaired) electrons. The van der Waals surface area contributed by atoms with Crippen molar-refractivity contribution in [3.8, 4) is 5.88 Å². The average molecular weight is 379 g/mol. The minimum Gasteiger partial charge on any atom is -0.481 e. The highest BCUT2D eigenvalue weighted by Gasteiger charge is 2.24. The van der Waals surface area contributed by atoms with Gasteiger partial charge in [-0.3, -0.25) is 4.79 Å². The molecule has 1 aromatic carbocycles. The van der Waals surface area contributed by atoms with Crippen molar-refractivity contribution >= 4 is 23.5 Å².